The minimum atomic E-state index is -0.729. The summed E-state index contributed by atoms with van der Waals surface area (Å²) in [4.78, 5) is 27.0. The predicted molar refractivity (Wildman–Crippen MR) is 106 cm³/mol. The fourth-order valence-electron chi connectivity index (χ4n) is 4.72. The number of imidazole rings is 1. The maximum atomic E-state index is 12.5. The number of fused-ring (bicyclic) bond motifs is 1. The second-order valence-electron chi connectivity index (χ2n) is 8.10. The van der Waals surface area contributed by atoms with Crippen LogP contribution in [0.2, 0.25) is 0 Å². The third-order valence-electron chi connectivity index (χ3n) is 6.02. The van der Waals surface area contributed by atoms with Crippen molar-refractivity contribution in [2.24, 2.45) is 18.9 Å². The molecule has 4 heterocycles. The summed E-state index contributed by atoms with van der Waals surface area (Å²) < 4.78 is 4.18. The van der Waals surface area contributed by atoms with Gasteiger partial charge in [-0.2, -0.15) is 0 Å². The van der Waals surface area contributed by atoms with Gasteiger partial charge < -0.3 is 15.3 Å². The molecule has 0 spiro atoms. The zero-order valence-corrected chi connectivity index (χ0v) is 17.8. The summed E-state index contributed by atoms with van der Waals surface area (Å²) in [6.07, 6.45) is 6.38. The predicted octanol–water partition coefficient (Wildman–Crippen LogP) is 0.611. The van der Waals surface area contributed by atoms with E-state index in [0.29, 0.717) is 17.0 Å². The Kier molecular flexibility index (Phi) is 5.33. The highest BCUT2D eigenvalue weighted by Gasteiger charge is 2.59. The highest BCUT2D eigenvalue weighted by atomic mass is 35.5. The standard InChI is InChI=1S/C19H26ClN4O3S/c1-10-15-14(11(2)25)19(27)24(15)16(18(20)26)17(10)28-13-6-12(21-7-13)8-23-5-4-22(3)9-23/h4-5,9-15,21,25H,6-8H2,1-3H3/q+1/t10-,11-,12+,13+,14-,15-/m1/s1. The van der Waals surface area contributed by atoms with Gasteiger partial charge in [0, 0.05) is 28.7 Å². The highest BCUT2D eigenvalue weighted by Crippen LogP contribution is 2.52. The number of aryl methyl sites for hydroxylation is 1. The van der Waals surface area contributed by atoms with E-state index in [2.05, 4.69) is 22.4 Å². The number of β-lactam (4-membered cyclic amide) rings is 1. The first-order valence-corrected chi connectivity index (χ1v) is 10.9. The number of halogens is 1. The molecule has 0 unspecified atom stereocenters. The third-order valence-corrected chi connectivity index (χ3v) is 7.72. The Hall–Kier alpha value is -1.35. The SMILES string of the molecule is C[C@@H](O)[C@H]1C(=O)N2C(C(=O)Cl)=C(S[C@@H]3CN[C@H](Cn4cc[n+](C)c4)C3)[C@H](C)[C@H]12. The molecule has 1 aromatic heterocycles. The molecule has 1 aromatic rings. The van der Waals surface area contributed by atoms with Gasteiger partial charge >= 0.3 is 0 Å². The number of nitrogens with zero attached hydrogens (tertiary/aromatic N) is 3. The number of thioether (sulfide) groups is 1. The molecule has 0 aliphatic carbocycles. The van der Waals surface area contributed by atoms with Crippen LogP contribution in [0.1, 0.15) is 20.3 Å². The molecular weight excluding hydrogens is 400 g/mol. The summed E-state index contributed by atoms with van der Waals surface area (Å²) in [5.41, 5.74) is 0.326. The topological polar surface area (TPSA) is 78.4 Å². The van der Waals surface area contributed by atoms with Crippen molar-refractivity contribution >= 4 is 34.5 Å². The summed E-state index contributed by atoms with van der Waals surface area (Å²) in [6.45, 7) is 5.40. The Morgan fingerprint density at radius 2 is 2.29 bits per heavy atom. The number of aliphatic hydroxyl groups is 1. The van der Waals surface area contributed by atoms with Crippen LogP contribution >= 0.6 is 23.4 Å². The van der Waals surface area contributed by atoms with E-state index < -0.39 is 17.3 Å². The van der Waals surface area contributed by atoms with Crippen molar-refractivity contribution in [2.75, 3.05) is 6.54 Å². The third kappa shape index (κ3) is 3.30. The number of rotatable bonds is 6. The molecule has 3 aliphatic heterocycles. The van der Waals surface area contributed by atoms with Gasteiger partial charge in [-0.1, -0.05) is 6.92 Å². The van der Waals surface area contributed by atoms with E-state index in [-0.39, 0.29) is 17.9 Å². The molecule has 2 saturated heterocycles. The van der Waals surface area contributed by atoms with E-state index in [0.717, 1.165) is 24.4 Å². The van der Waals surface area contributed by atoms with Crippen molar-refractivity contribution in [3.8, 4) is 0 Å². The summed E-state index contributed by atoms with van der Waals surface area (Å²) >= 11 is 7.53. The molecule has 0 radical (unpaired) electrons. The van der Waals surface area contributed by atoms with Crippen LogP contribution in [-0.2, 0) is 23.2 Å². The number of amides is 1. The first-order valence-electron chi connectivity index (χ1n) is 9.64. The van der Waals surface area contributed by atoms with E-state index >= 15 is 0 Å². The molecule has 28 heavy (non-hydrogen) atoms. The van der Waals surface area contributed by atoms with Crippen molar-refractivity contribution in [1.29, 1.82) is 0 Å². The second-order valence-corrected chi connectivity index (χ2v) is 9.78. The monoisotopic (exact) mass is 425 g/mol. The van der Waals surface area contributed by atoms with Crippen LogP contribution in [0.4, 0.5) is 0 Å². The zero-order chi connectivity index (χ0) is 20.2. The quantitative estimate of drug-likeness (QED) is 0.396. The van der Waals surface area contributed by atoms with Gasteiger partial charge in [-0.15, -0.1) is 11.8 Å². The lowest BCUT2D eigenvalue weighted by molar-refractivity contribution is -0.671. The molecule has 0 bridgehead atoms. The van der Waals surface area contributed by atoms with E-state index in [1.165, 1.54) is 4.90 Å². The van der Waals surface area contributed by atoms with Gasteiger partial charge in [-0.05, 0) is 24.9 Å². The molecule has 0 saturated carbocycles. The lowest BCUT2D eigenvalue weighted by atomic mass is 9.79. The first-order chi connectivity index (χ1) is 13.3. The maximum absolute atomic E-state index is 12.5. The van der Waals surface area contributed by atoms with E-state index in [1.54, 1.807) is 18.7 Å². The van der Waals surface area contributed by atoms with Gasteiger partial charge in [0.1, 0.15) is 24.6 Å². The van der Waals surface area contributed by atoms with Crippen LogP contribution < -0.4 is 9.88 Å². The fourth-order valence-corrected chi connectivity index (χ4v) is 6.49. The molecule has 6 atom stereocenters. The largest absolute Gasteiger partial charge is 0.393 e. The van der Waals surface area contributed by atoms with E-state index in [1.807, 2.05) is 24.7 Å². The molecule has 2 fully saturated rings. The molecular formula is C19H26ClN4O3S+. The number of hydrogen-bond donors (Lipinski definition) is 2. The van der Waals surface area contributed by atoms with Gasteiger partial charge in [-0.3, -0.25) is 9.59 Å². The molecule has 7 nitrogen and oxygen atoms in total. The number of aromatic nitrogens is 2. The first kappa shape index (κ1) is 19.9. The molecule has 9 heteroatoms. The van der Waals surface area contributed by atoms with Crippen LogP contribution in [0, 0.1) is 11.8 Å². The summed E-state index contributed by atoms with van der Waals surface area (Å²) in [6, 6.07) is 0.193. The Bertz CT molecular complexity index is 839. The van der Waals surface area contributed by atoms with Crippen molar-refractivity contribution in [3.63, 3.8) is 0 Å². The molecule has 4 rings (SSSR count). The van der Waals surface area contributed by atoms with Crippen LogP contribution in [0.15, 0.2) is 29.3 Å². The van der Waals surface area contributed by atoms with E-state index in [9.17, 15) is 14.7 Å². The van der Waals surface area contributed by atoms with Gasteiger partial charge in [-0.25, -0.2) is 9.13 Å². The van der Waals surface area contributed by atoms with Gasteiger partial charge in [0.15, 0.2) is 0 Å². The number of allylic oxidation sites excluding steroid dienone is 1. The molecule has 1 amide bonds. The number of aliphatic hydroxyl groups excluding tert-OH is 1. The minimum Gasteiger partial charge on any atom is -0.393 e. The molecule has 2 N–H and O–H groups in total. The lowest BCUT2D eigenvalue weighted by Gasteiger charge is -2.46. The van der Waals surface area contributed by atoms with Crippen molar-refractivity contribution < 1.29 is 19.3 Å². The summed E-state index contributed by atoms with van der Waals surface area (Å²) in [5.74, 6) is -0.653. The number of carbonyl (C=O) groups excluding carboxylic acids is 2. The zero-order valence-electron chi connectivity index (χ0n) is 16.2. The highest BCUT2D eigenvalue weighted by molar-refractivity contribution is 8.03. The van der Waals surface area contributed by atoms with Crippen LogP contribution in [0.3, 0.4) is 0 Å². The maximum Gasteiger partial charge on any atom is 0.269 e. The van der Waals surface area contributed by atoms with Gasteiger partial charge in [0.05, 0.1) is 25.1 Å². The van der Waals surface area contributed by atoms with Gasteiger partial charge in [0.25, 0.3) is 5.24 Å². The normalized spacial score (nSPS) is 33.2. The molecule has 0 aromatic carbocycles. The Morgan fingerprint density at radius 1 is 1.54 bits per heavy atom. The Morgan fingerprint density at radius 3 is 2.89 bits per heavy atom. The van der Waals surface area contributed by atoms with Gasteiger partial charge in [0.2, 0.25) is 12.2 Å². The number of nitrogens with one attached hydrogen (secondary N) is 1. The fraction of sp³-hybridized carbons (Fsp3) is 0.632. The smallest absolute Gasteiger partial charge is 0.269 e. The number of carbonyl (C=O) groups is 2. The van der Waals surface area contributed by atoms with Crippen molar-refractivity contribution in [1.82, 2.24) is 14.8 Å². The molecule has 152 valence electrons. The average molecular weight is 426 g/mol. The lowest BCUT2D eigenvalue weighted by Crippen LogP contribution is -2.63. The van der Waals surface area contributed by atoms with Crippen LogP contribution in [-0.4, -0.2) is 55.7 Å². The minimum absolute atomic E-state index is 0.00236. The van der Waals surface area contributed by atoms with Crippen LogP contribution in [0.5, 0.6) is 0 Å². The second kappa shape index (κ2) is 7.48. The van der Waals surface area contributed by atoms with Crippen molar-refractivity contribution in [3.05, 3.63) is 29.3 Å². The Balaban J connectivity index is 1.46. The summed E-state index contributed by atoms with van der Waals surface area (Å²) in [7, 11) is 2.00. The summed E-state index contributed by atoms with van der Waals surface area (Å²) in [5, 5.41) is 13.3. The molecule has 3 aliphatic rings. The Labute approximate surface area is 173 Å². The average Bonchev–Trinajstić information content (AvgIpc) is 3.28. The van der Waals surface area contributed by atoms with Crippen molar-refractivity contribution in [2.45, 2.75) is 50.3 Å². The number of hydrogen-bond acceptors (Lipinski definition) is 5. The van der Waals surface area contributed by atoms with E-state index in [4.69, 9.17) is 11.6 Å². The van der Waals surface area contributed by atoms with Crippen LogP contribution in [0.25, 0.3) is 0 Å².